The van der Waals surface area contributed by atoms with Crippen molar-refractivity contribution in [3.05, 3.63) is 5.20 Å². The Morgan fingerprint density at radius 3 is 1.88 bits per heavy atom. The molecule has 5 heteroatoms. The number of carbonyl (C=O) groups excluding carboxylic acids is 2. The molecule has 0 N–H and O–H groups in total. The van der Waals surface area contributed by atoms with E-state index in [9.17, 15) is 9.59 Å². The third-order valence-corrected chi connectivity index (χ3v) is 7.15. The summed E-state index contributed by atoms with van der Waals surface area (Å²) in [5, 5.41) is 0.676. The largest absolute Gasteiger partial charge is 0.466 e. The summed E-state index contributed by atoms with van der Waals surface area (Å²) in [6.07, 6.45) is 0. The molecule has 0 bridgehead atoms. The van der Waals surface area contributed by atoms with Crippen LogP contribution >= 0.6 is 0 Å². The molecule has 0 saturated carbocycles. The van der Waals surface area contributed by atoms with Crippen LogP contribution in [0.5, 0.6) is 0 Å². The van der Waals surface area contributed by atoms with Gasteiger partial charge in [0.1, 0.15) is 5.94 Å². The molecule has 3 nitrogen and oxygen atoms in total. The van der Waals surface area contributed by atoms with Gasteiger partial charge in [0.05, 0.1) is 28.3 Å². The van der Waals surface area contributed by atoms with Gasteiger partial charge in [0, 0.05) is 5.20 Å². The standard InChI is InChI=1S/C12H24O3Si2/c1-8-15-12(14)11(17(5,6)7)10(9-13)16(2,3)4/h11H,8H2,1-7H3. The fourth-order valence-corrected chi connectivity index (χ4v) is 7.38. The zero-order chi connectivity index (χ0) is 13.9. The fraction of sp³-hybridized carbons (Fsp3) is 0.750. The van der Waals surface area contributed by atoms with Crippen LogP contribution in [-0.2, 0) is 14.3 Å². The van der Waals surface area contributed by atoms with Gasteiger partial charge in [0.15, 0.2) is 0 Å². The van der Waals surface area contributed by atoms with Crippen molar-refractivity contribution in [3.63, 3.8) is 0 Å². The molecule has 0 aliphatic heterocycles. The maximum Gasteiger partial charge on any atom is 0.310 e. The number of hydrogen-bond donors (Lipinski definition) is 0. The van der Waals surface area contributed by atoms with E-state index in [0.717, 1.165) is 0 Å². The summed E-state index contributed by atoms with van der Waals surface area (Å²) in [4.78, 5) is 23.3. The predicted octanol–water partition coefficient (Wildman–Crippen LogP) is 2.89. The van der Waals surface area contributed by atoms with Crippen LogP contribution in [0, 0.1) is 0 Å². The van der Waals surface area contributed by atoms with Crippen molar-refractivity contribution in [1.82, 2.24) is 0 Å². The van der Waals surface area contributed by atoms with Crippen LogP contribution in [0.25, 0.3) is 0 Å². The molecule has 1 atom stereocenters. The highest BCUT2D eigenvalue weighted by Crippen LogP contribution is 2.35. The van der Waals surface area contributed by atoms with Crippen LogP contribution in [0.1, 0.15) is 6.92 Å². The summed E-state index contributed by atoms with van der Waals surface area (Å²) >= 11 is 0. The highest BCUT2D eigenvalue weighted by atomic mass is 28.3. The highest BCUT2D eigenvalue weighted by molar-refractivity contribution is 6.90. The van der Waals surface area contributed by atoms with Gasteiger partial charge in [-0.15, -0.1) is 0 Å². The van der Waals surface area contributed by atoms with Crippen LogP contribution in [0.3, 0.4) is 0 Å². The molecule has 0 rings (SSSR count). The van der Waals surface area contributed by atoms with E-state index >= 15 is 0 Å². The maximum absolute atomic E-state index is 12.1. The number of rotatable bonds is 5. The van der Waals surface area contributed by atoms with Crippen molar-refractivity contribution in [2.24, 2.45) is 0 Å². The molecule has 0 heterocycles. The van der Waals surface area contributed by atoms with Crippen molar-refractivity contribution >= 4 is 28.1 Å². The van der Waals surface area contributed by atoms with Gasteiger partial charge in [-0.25, -0.2) is 4.79 Å². The summed E-state index contributed by atoms with van der Waals surface area (Å²) in [6.45, 7) is 14.6. The molecule has 0 aromatic carbocycles. The lowest BCUT2D eigenvalue weighted by molar-refractivity contribution is -0.142. The van der Waals surface area contributed by atoms with Crippen LogP contribution < -0.4 is 0 Å². The number of hydrogen-bond acceptors (Lipinski definition) is 3. The van der Waals surface area contributed by atoms with Crippen LogP contribution in [-0.4, -0.2) is 34.7 Å². The van der Waals surface area contributed by atoms with Gasteiger partial charge >= 0.3 is 5.97 Å². The van der Waals surface area contributed by atoms with Crippen molar-refractivity contribution in [3.8, 4) is 0 Å². The van der Waals surface area contributed by atoms with Gasteiger partial charge in [0.25, 0.3) is 0 Å². The Bertz CT molecular complexity index is 331. The average molecular weight is 272 g/mol. The Kier molecular flexibility index (Phi) is 5.58. The Balaban J connectivity index is 5.49. The minimum Gasteiger partial charge on any atom is -0.466 e. The Morgan fingerprint density at radius 2 is 1.65 bits per heavy atom. The molecule has 0 spiro atoms. The molecule has 0 aromatic rings. The van der Waals surface area contributed by atoms with Crippen molar-refractivity contribution in [1.29, 1.82) is 0 Å². The molecule has 0 amide bonds. The number of ether oxygens (including phenoxy) is 1. The van der Waals surface area contributed by atoms with E-state index in [1.54, 1.807) is 6.92 Å². The monoisotopic (exact) mass is 272 g/mol. The fourth-order valence-electron chi connectivity index (χ4n) is 1.78. The Hall–Kier alpha value is -0.646. The van der Waals surface area contributed by atoms with Crippen molar-refractivity contribution in [2.45, 2.75) is 51.7 Å². The van der Waals surface area contributed by atoms with E-state index in [0.29, 0.717) is 11.8 Å². The number of carbonyl (C=O) groups is 1. The van der Waals surface area contributed by atoms with E-state index in [-0.39, 0.29) is 11.5 Å². The van der Waals surface area contributed by atoms with E-state index in [4.69, 9.17) is 4.74 Å². The molecular formula is C12H24O3Si2. The molecule has 0 aromatic heterocycles. The first-order valence-corrected chi connectivity index (χ1v) is 13.1. The topological polar surface area (TPSA) is 43.4 Å². The van der Waals surface area contributed by atoms with E-state index in [1.165, 1.54) is 0 Å². The van der Waals surface area contributed by atoms with Gasteiger partial charge in [-0.05, 0) is 6.92 Å². The first kappa shape index (κ1) is 16.4. The van der Waals surface area contributed by atoms with Gasteiger partial charge in [-0.3, -0.25) is 4.79 Å². The van der Waals surface area contributed by atoms with Crippen LogP contribution in [0.4, 0.5) is 0 Å². The van der Waals surface area contributed by atoms with Crippen LogP contribution in [0.2, 0.25) is 44.8 Å². The summed E-state index contributed by atoms with van der Waals surface area (Å²) in [6, 6.07) is 0. The van der Waals surface area contributed by atoms with Crippen LogP contribution in [0.15, 0.2) is 5.20 Å². The molecule has 1 unspecified atom stereocenters. The Labute approximate surface area is 106 Å². The molecule has 0 fully saturated rings. The first-order valence-electron chi connectivity index (χ1n) is 5.97. The zero-order valence-electron chi connectivity index (χ0n) is 12.0. The molecule has 0 aliphatic carbocycles. The second kappa shape index (κ2) is 5.80. The first-order chi connectivity index (χ1) is 7.55. The summed E-state index contributed by atoms with van der Waals surface area (Å²) in [5.74, 6) is 1.81. The normalized spacial score (nSPS) is 13.8. The second-order valence-electron chi connectivity index (χ2n) is 6.32. The quantitative estimate of drug-likeness (QED) is 0.439. The zero-order valence-corrected chi connectivity index (χ0v) is 14.0. The van der Waals surface area contributed by atoms with Gasteiger partial charge in [-0.2, -0.15) is 0 Å². The lowest BCUT2D eigenvalue weighted by Crippen LogP contribution is -2.43. The minimum absolute atomic E-state index is 0.243. The molecule has 0 aliphatic rings. The van der Waals surface area contributed by atoms with Crippen molar-refractivity contribution < 1.29 is 14.3 Å². The predicted molar refractivity (Wildman–Crippen MR) is 76.3 cm³/mol. The highest BCUT2D eigenvalue weighted by Gasteiger charge is 2.42. The molecular weight excluding hydrogens is 248 g/mol. The van der Waals surface area contributed by atoms with Gasteiger partial charge in [-0.1, -0.05) is 39.3 Å². The molecule has 17 heavy (non-hydrogen) atoms. The smallest absolute Gasteiger partial charge is 0.310 e. The van der Waals surface area contributed by atoms with E-state index in [2.05, 4.69) is 45.2 Å². The lowest BCUT2D eigenvalue weighted by atomic mass is 10.4. The summed E-state index contributed by atoms with van der Waals surface area (Å²) < 4.78 is 5.13. The Morgan fingerprint density at radius 1 is 1.18 bits per heavy atom. The lowest BCUT2D eigenvalue weighted by Gasteiger charge is -2.32. The van der Waals surface area contributed by atoms with Crippen molar-refractivity contribution in [2.75, 3.05) is 6.61 Å². The molecule has 0 radical (unpaired) electrons. The van der Waals surface area contributed by atoms with E-state index < -0.39 is 16.1 Å². The summed E-state index contributed by atoms with van der Waals surface area (Å²) in [7, 11) is -3.64. The third-order valence-electron chi connectivity index (χ3n) is 2.59. The number of esters is 1. The van der Waals surface area contributed by atoms with Gasteiger partial charge < -0.3 is 4.74 Å². The van der Waals surface area contributed by atoms with Gasteiger partial charge in [0.2, 0.25) is 0 Å². The minimum atomic E-state index is -1.82. The van der Waals surface area contributed by atoms with E-state index in [1.807, 2.05) is 0 Å². The summed E-state index contributed by atoms with van der Waals surface area (Å²) in [5.41, 5.74) is -0.341. The maximum atomic E-state index is 12.1. The average Bonchev–Trinajstić information content (AvgIpc) is 2.09. The third kappa shape index (κ3) is 4.62. The second-order valence-corrected chi connectivity index (χ2v) is 16.7. The molecule has 98 valence electrons. The SMILES string of the molecule is CCOC(=O)C(C(=C=O)[Si](C)(C)C)[Si](C)(C)C. The molecule has 0 saturated heterocycles.